The zero-order chi connectivity index (χ0) is 20.4. The van der Waals surface area contributed by atoms with Gasteiger partial charge in [-0.25, -0.2) is 0 Å². The quantitative estimate of drug-likeness (QED) is 0.861. The summed E-state index contributed by atoms with van der Waals surface area (Å²) in [6.07, 6.45) is -0.615. The molecule has 0 aromatic heterocycles. The highest BCUT2D eigenvalue weighted by Crippen LogP contribution is 2.33. The molecule has 0 radical (unpaired) electrons. The van der Waals surface area contributed by atoms with Gasteiger partial charge in [-0.2, -0.15) is 0 Å². The summed E-state index contributed by atoms with van der Waals surface area (Å²) < 4.78 is 5.65. The minimum atomic E-state index is -0.615. The van der Waals surface area contributed by atoms with Gasteiger partial charge in [-0.3, -0.25) is 14.5 Å². The van der Waals surface area contributed by atoms with E-state index in [-0.39, 0.29) is 18.4 Å². The van der Waals surface area contributed by atoms with Crippen molar-refractivity contribution in [1.82, 2.24) is 4.90 Å². The summed E-state index contributed by atoms with van der Waals surface area (Å²) in [5.41, 5.74) is 2.40. The fourth-order valence-electron chi connectivity index (χ4n) is 3.76. The van der Waals surface area contributed by atoms with Crippen molar-refractivity contribution in [3.63, 3.8) is 0 Å². The third kappa shape index (κ3) is 4.05. The Balaban J connectivity index is 1.50. The zero-order valence-electron chi connectivity index (χ0n) is 16.8. The lowest BCUT2D eigenvalue weighted by atomic mass is 10.2. The second-order valence-corrected chi connectivity index (χ2v) is 7.51. The van der Waals surface area contributed by atoms with E-state index >= 15 is 0 Å². The maximum atomic E-state index is 12.9. The lowest BCUT2D eigenvalue weighted by Gasteiger charge is -2.35. The molecular formula is C22H26N4O3. The van der Waals surface area contributed by atoms with Crippen LogP contribution in [-0.4, -0.2) is 62.6 Å². The van der Waals surface area contributed by atoms with E-state index in [0.29, 0.717) is 11.4 Å². The van der Waals surface area contributed by atoms with Gasteiger partial charge in [0.15, 0.2) is 6.10 Å². The van der Waals surface area contributed by atoms with Crippen molar-refractivity contribution >= 4 is 28.9 Å². The number of nitrogens with one attached hydrogen (secondary N) is 1. The Bertz CT molecular complexity index is 908. The van der Waals surface area contributed by atoms with E-state index in [0.717, 1.165) is 37.6 Å². The number of para-hydroxylation sites is 4. The lowest BCUT2D eigenvalue weighted by molar-refractivity contribution is -0.127. The number of benzene rings is 2. The Labute approximate surface area is 170 Å². The number of amides is 2. The number of carbonyl (C=O) groups excluding carboxylic acids is 2. The van der Waals surface area contributed by atoms with Crippen molar-refractivity contribution in [3.05, 3.63) is 48.5 Å². The molecule has 1 saturated heterocycles. The number of anilines is 3. The van der Waals surface area contributed by atoms with Crippen LogP contribution in [0.3, 0.4) is 0 Å². The molecule has 1 N–H and O–H groups in total. The van der Waals surface area contributed by atoms with Gasteiger partial charge < -0.3 is 19.9 Å². The fourth-order valence-corrected chi connectivity index (χ4v) is 3.76. The normalized spacial score (nSPS) is 19.5. The maximum absolute atomic E-state index is 12.9. The average Bonchev–Trinajstić information content (AvgIpc) is 2.72. The molecule has 1 fully saturated rings. The molecule has 2 aromatic carbocycles. The third-order valence-corrected chi connectivity index (χ3v) is 5.40. The van der Waals surface area contributed by atoms with Crippen LogP contribution < -0.4 is 19.9 Å². The summed E-state index contributed by atoms with van der Waals surface area (Å²) in [6, 6.07) is 15.1. The Morgan fingerprint density at radius 3 is 2.45 bits per heavy atom. The van der Waals surface area contributed by atoms with Crippen LogP contribution in [0.5, 0.6) is 5.75 Å². The molecule has 4 rings (SSSR count). The van der Waals surface area contributed by atoms with E-state index in [1.165, 1.54) is 4.90 Å². The van der Waals surface area contributed by atoms with E-state index < -0.39 is 6.10 Å². The molecule has 2 amide bonds. The Morgan fingerprint density at radius 2 is 1.69 bits per heavy atom. The van der Waals surface area contributed by atoms with Gasteiger partial charge >= 0.3 is 0 Å². The number of rotatable bonds is 4. The number of carbonyl (C=O) groups is 2. The molecule has 2 aliphatic rings. The van der Waals surface area contributed by atoms with Crippen LogP contribution in [0, 0.1) is 0 Å². The molecule has 0 aliphatic carbocycles. The highest BCUT2D eigenvalue weighted by atomic mass is 16.5. The zero-order valence-corrected chi connectivity index (χ0v) is 16.8. The van der Waals surface area contributed by atoms with Crippen LogP contribution in [0.1, 0.15) is 6.92 Å². The van der Waals surface area contributed by atoms with Crippen molar-refractivity contribution in [2.75, 3.05) is 54.9 Å². The average molecular weight is 394 g/mol. The molecule has 0 spiro atoms. The minimum absolute atomic E-state index is 0.0549. The first-order valence-corrected chi connectivity index (χ1v) is 9.92. The van der Waals surface area contributed by atoms with E-state index in [9.17, 15) is 9.59 Å². The van der Waals surface area contributed by atoms with Gasteiger partial charge in [0.2, 0.25) is 5.91 Å². The molecule has 1 atom stereocenters. The second kappa shape index (κ2) is 8.13. The number of piperazine rings is 1. The molecule has 0 saturated carbocycles. The van der Waals surface area contributed by atoms with Crippen LogP contribution in [0.15, 0.2) is 48.5 Å². The largest absolute Gasteiger partial charge is 0.479 e. The standard InChI is InChI=1S/C22H26N4O3/c1-16-22(28)26(19-9-5-6-10-20(19)29-16)15-21(27)23-17-7-3-4-8-18(17)25-13-11-24(2)12-14-25/h3-10,16H,11-15H2,1-2H3,(H,23,27)/t16-/m0/s1. The lowest BCUT2D eigenvalue weighted by Crippen LogP contribution is -2.47. The number of hydrogen-bond donors (Lipinski definition) is 1. The predicted molar refractivity (Wildman–Crippen MR) is 114 cm³/mol. The van der Waals surface area contributed by atoms with E-state index in [2.05, 4.69) is 22.2 Å². The maximum Gasteiger partial charge on any atom is 0.268 e. The molecule has 7 nitrogen and oxygen atoms in total. The smallest absolute Gasteiger partial charge is 0.268 e. The fraction of sp³-hybridized carbons (Fsp3) is 0.364. The first kappa shape index (κ1) is 19.3. The van der Waals surface area contributed by atoms with Gasteiger partial charge in [0.05, 0.1) is 17.1 Å². The van der Waals surface area contributed by atoms with Gasteiger partial charge in [-0.1, -0.05) is 24.3 Å². The highest BCUT2D eigenvalue weighted by Gasteiger charge is 2.32. The Hall–Kier alpha value is -3.06. The molecule has 2 heterocycles. The summed E-state index contributed by atoms with van der Waals surface area (Å²) in [6.45, 7) is 5.44. The van der Waals surface area contributed by atoms with Gasteiger partial charge in [0.25, 0.3) is 5.91 Å². The van der Waals surface area contributed by atoms with Crippen molar-refractivity contribution in [2.24, 2.45) is 0 Å². The van der Waals surface area contributed by atoms with Gasteiger partial charge in [0.1, 0.15) is 12.3 Å². The molecule has 2 aliphatic heterocycles. The van der Waals surface area contributed by atoms with Crippen LogP contribution >= 0.6 is 0 Å². The van der Waals surface area contributed by atoms with Crippen molar-refractivity contribution in [3.8, 4) is 5.75 Å². The van der Waals surface area contributed by atoms with Gasteiger partial charge in [0, 0.05) is 26.2 Å². The minimum Gasteiger partial charge on any atom is -0.479 e. The van der Waals surface area contributed by atoms with Crippen molar-refractivity contribution in [1.29, 1.82) is 0 Å². The molecule has 29 heavy (non-hydrogen) atoms. The number of likely N-dealkylation sites (N-methyl/N-ethyl adjacent to an activating group) is 1. The highest BCUT2D eigenvalue weighted by molar-refractivity contribution is 6.06. The molecule has 0 bridgehead atoms. The summed E-state index contributed by atoms with van der Waals surface area (Å²) in [5, 5.41) is 3.00. The predicted octanol–water partition coefficient (Wildman–Crippen LogP) is 2.19. The summed E-state index contributed by atoms with van der Waals surface area (Å²) in [5.74, 6) is 0.167. The van der Waals surface area contributed by atoms with Gasteiger partial charge in [-0.15, -0.1) is 0 Å². The number of nitrogens with zero attached hydrogens (tertiary/aromatic N) is 3. The first-order valence-electron chi connectivity index (χ1n) is 9.92. The van der Waals surface area contributed by atoms with Gasteiger partial charge in [-0.05, 0) is 38.2 Å². The van der Waals surface area contributed by atoms with E-state index in [1.807, 2.05) is 42.5 Å². The molecule has 152 valence electrons. The summed E-state index contributed by atoms with van der Waals surface area (Å²) in [7, 11) is 2.11. The van der Waals surface area contributed by atoms with E-state index in [4.69, 9.17) is 4.74 Å². The summed E-state index contributed by atoms with van der Waals surface area (Å²) in [4.78, 5) is 31.6. The van der Waals surface area contributed by atoms with E-state index in [1.54, 1.807) is 13.0 Å². The topological polar surface area (TPSA) is 65.1 Å². The van der Waals surface area contributed by atoms with Crippen LogP contribution in [0.2, 0.25) is 0 Å². The first-order chi connectivity index (χ1) is 14.0. The van der Waals surface area contributed by atoms with Crippen molar-refractivity contribution in [2.45, 2.75) is 13.0 Å². The molecule has 2 aromatic rings. The Morgan fingerprint density at radius 1 is 1.03 bits per heavy atom. The second-order valence-electron chi connectivity index (χ2n) is 7.51. The molecular weight excluding hydrogens is 368 g/mol. The number of fused-ring (bicyclic) bond motifs is 1. The molecule has 7 heteroatoms. The number of hydrogen-bond acceptors (Lipinski definition) is 5. The van der Waals surface area contributed by atoms with Crippen molar-refractivity contribution < 1.29 is 14.3 Å². The SMILES string of the molecule is C[C@@H]1Oc2ccccc2N(CC(=O)Nc2ccccc2N2CCN(C)CC2)C1=O. The molecule has 0 unspecified atom stereocenters. The Kier molecular flexibility index (Phi) is 5.40. The van der Waals surface area contributed by atoms with Crippen LogP contribution in [0.25, 0.3) is 0 Å². The van der Waals surface area contributed by atoms with Crippen LogP contribution in [0.4, 0.5) is 17.1 Å². The third-order valence-electron chi connectivity index (χ3n) is 5.40. The summed E-state index contributed by atoms with van der Waals surface area (Å²) >= 11 is 0. The monoisotopic (exact) mass is 394 g/mol. The van der Waals surface area contributed by atoms with Crippen LogP contribution in [-0.2, 0) is 9.59 Å². The number of ether oxygens (including phenoxy) is 1.